The summed E-state index contributed by atoms with van der Waals surface area (Å²) in [7, 11) is 0. The van der Waals surface area contributed by atoms with Crippen LogP contribution in [0.3, 0.4) is 0 Å². The van der Waals surface area contributed by atoms with Crippen molar-refractivity contribution in [1.29, 1.82) is 0 Å². The van der Waals surface area contributed by atoms with E-state index in [-0.39, 0.29) is 0 Å². The Hall–Kier alpha value is -7.62. The van der Waals surface area contributed by atoms with Crippen LogP contribution in [0.5, 0.6) is 0 Å². The predicted molar refractivity (Wildman–Crippen MR) is 239 cm³/mol. The molecule has 0 N–H and O–H groups in total. The zero-order valence-corrected chi connectivity index (χ0v) is 31.1. The number of para-hydroxylation sites is 4. The fourth-order valence-electron chi connectivity index (χ4n) is 8.59. The quantitative estimate of drug-likeness (QED) is 0.163. The lowest BCUT2D eigenvalue weighted by Gasteiger charge is -2.28. The van der Waals surface area contributed by atoms with Crippen LogP contribution in [-0.2, 0) is 0 Å². The second-order valence-corrected chi connectivity index (χ2v) is 14.5. The van der Waals surface area contributed by atoms with Gasteiger partial charge in [0, 0.05) is 44.2 Å². The number of benzene rings is 9. The largest absolute Gasteiger partial charge is 0.456 e. The molecule has 0 atom stereocenters. The Morgan fingerprint density at radius 1 is 0.351 bits per heavy atom. The molecule has 11 aromatic rings. The molecule has 3 nitrogen and oxygen atoms in total. The lowest BCUT2D eigenvalue weighted by Crippen LogP contribution is -2.11. The molecule has 0 spiro atoms. The highest BCUT2D eigenvalue weighted by molar-refractivity contribution is 6.12. The average Bonchev–Trinajstić information content (AvgIpc) is 3.84. The van der Waals surface area contributed by atoms with Gasteiger partial charge in [-0.2, -0.15) is 0 Å². The molecule has 0 radical (unpaired) electrons. The predicted octanol–water partition coefficient (Wildman–Crippen LogP) is 15.2. The molecule has 2 aromatic heterocycles. The van der Waals surface area contributed by atoms with Crippen molar-refractivity contribution in [3.8, 4) is 39.1 Å². The van der Waals surface area contributed by atoms with Crippen LogP contribution < -0.4 is 4.90 Å². The van der Waals surface area contributed by atoms with Crippen molar-refractivity contribution in [1.82, 2.24) is 4.57 Å². The lowest BCUT2D eigenvalue weighted by atomic mass is 9.98. The van der Waals surface area contributed by atoms with E-state index in [0.717, 1.165) is 61.4 Å². The third-order valence-corrected chi connectivity index (χ3v) is 11.2. The SMILES string of the molecule is c1ccc(-c2ccccc2N(c2ccc(-c3cccc(-n4c5ccccc5c5ccccc54)c3)cc2)c2ccc(-c3cccc4oc5ccccc5c34)cc2)cc1. The van der Waals surface area contributed by atoms with Crippen molar-refractivity contribution in [2.24, 2.45) is 0 Å². The van der Waals surface area contributed by atoms with Gasteiger partial charge in [-0.05, 0) is 94.5 Å². The van der Waals surface area contributed by atoms with E-state index in [1.54, 1.807) is 0 Å². The second-order valence-electron chi connectivity index (χ2n) is 14.5. The topological polar surface area (TPSA) is 21.3 Å². The average molecular weight is 729 g/mol. The molecule has 57 heavy (non-hydrogen) atoms. The molecule has 11 rings (SSSR count). The summed E-state index contributed by atoms with van der Waals surface area (Å²) in [6.45, 7) is 0. The molecule has 268 valence electrons. The first-order chi connectivity index (χ1) is 28.3. The molecule has 0 unspecified atom stereocenters. The van der Waals surface area contributed by atoms with E-state index in [2.05, 4.69) is 216 Å². The zero-order valence-electron chi connectivity index (χ0n) is 31.1. The molecule has 0 amide bonds. The third kappa shape index (κ3) is 5.60. The Morgan fingerprint density at radius 2 is 0.877 bits per heavy atom. The van der Waals surface area contributed by atoms with Gasteiger partial charge in [0.25, 0.3) is 0 Å². The maximum Gasteiger partial charge on any atom is 0.136 e. The van der Waals surface area contributed by atoms with E-state index in [1.807, 2.05) is 12.1 Å². The molecule has 0 aliphatic rings. The van der Waals surface area contributed by atoms with Crippen LogP contribution in [0.1, 0.15) is 0 Å². The van der Waals surface area contributed by atoms with Crippen LogP contribution in [-0.4, -0.2) is 4.57 Å². The van der Waals surface area contributed by atoms with Crippen LogP contribution in [0.25, 0.3) is 82.8 Å². The van der Waals surface area contributed by atoms with Gasteiger partial charge in [-0.25, -0.2) is 0 Å². The molecule has 0 aliphatic carbocycles. The molecule has 2 heterocycles. The third-order valence-electron chi connectivity index (χ3n) is 11.2. The smallest absolute Gasteiger partial charge is 0.136 e. The van der Waals surface area contributed by atoms with Crippen molar-refractivity contribution in [2.75, 3.05) is 4.90 Å². The summed E-state index contributed by atoms with van der Waals surface area (Å²) in [6.07, 6.45) is 0. The number of hydrogen-bond acceptors (Lipinski definition) is 2. The van der Waals surface area contributed by atoms with Gasteiger partial charge in [0.05, 0.1) is 16.7 Å². The number of hydrogen-bond donors (Lipinski definition) is 0. The Kier molecular flexibility index (Phi) is 7.82. The minimum atomic E-state index is 0.900. The normalized spacial score (nSPS) is 11.5. The zero-order chi connectivity index (χ0) is 37.7. The van der Waals surface area contributed by atoms with Crippen LogP contribution >= 0.6 is 0 Å². The second kappa shape index (κ2) is 13.6. The van der Waals surface area contributed by atoms with Crippen molar-refractivity contribution < 1.29 is 4.42 Å². The van der Waals surface area contributed by atoms with Gasteiger partial charge in [-0.15, -0.1) is 0 Å². The molecule has 0 fully saturated rings. The van der Waals surface area contributed by atoms with E-state index in [0.29, 0.717) is 0 Å². The van der Waals surface area contributed by atoms with Gasteiger partial charge < -0.3 is 13.9 Å². The Labute approximate surface area is 330 Å². The Bertz CT molecular complexity index is 3170. The van der Waals surface area contributed by atoms with E-state index in [1.165, 1.54) is 38.5 Å². The molecule has 9 aromatic carbocycles. The minimum absolute atomic E-state index is 0.900. The monoisotopic (exact) mass is 728 g/mol. The number of aromatic nitrogens is 1. The maximum absolute atomic E-state index is 6.24. The number of nitrogens with zero attached hydrogens (tertiary/aromatic N) is 2. The minimum Gasteiger partial charge on any atom is -0.456 e. The van der Waals surface area contributed by atoms with Gasteiger partial charge in [0.1, 0.15) is 11.2 Å². The number of fused-ring (bicyclic) bond motifs is 6. The molecule has 0 bridgehead atoms. The first-order valence-corrected chi connectivity index (χ1v) is 19.4. The first-order valence-electron chi connectivity index (χ1n) is 19.4. The number of anilines is 3. The fourth-order valence-corrected chi connectivity index (χ4v) is 8.59. The van der Waals surface area contributed by atoms with Crippen LogP contribution in [0.4, 0.5) is 17.1 Å². The summed E-state index contributed by atoms with van der Waals surface area (Å²) in [5.74, 6) is 0. The standard InChI is InChI=1S/C54H36N2O/c1-2-14-38(15-3-1)44-18-4-8-23-49(44)55(42-34-30-39(31-35-42)45-22-13-27-53-54(45)48-21-7-11-26-52(48)57-53)41-32-28-37(29-33-41)40-16-12-17-43(36-40)56-50-24-9-5-19-46(50)47-20-6-10-25-51(47)56/h1-36H. The Balaban J connectivity index is 1.01. The van der Waals surface area contributed by atoms with Gasteiger partial charge >= 0.3 is 0 Å². The van der Waals surface area contributed by atoms with Gasteiger partial charge in [0.2, 0.25) is 0 Å². The molecular weight excluding hydrogens is 693 g/mol. The summed E-state index contributed by atoms with van der Waals surface area (Å²) in [5.41, 5.74) is 15.6. The van der Waals surface area contributed by atoms with Crippen molar-refractivity contribution in [3.05, 3.63) is 218 Å². The lowest BCUT2D eigenvalue weighted by molar-refractivity contribution is 0.669. The van der Waals surface area contributed by atoms with Crippen molar-refractivity contribution >= 4 is 60.8 Å². The molecule has 0 aliphatic heterocycles. The fraction of sp³-hybridized carbons (Fsp3) is 0. The van der Waals surface area contributed by atoms with Crippen LogP contribution in [0.2, 0.25) is 0 Å². The highest BCUT2D eigenvalue weighted by atomic mass is 16.3. The number of furan rings is 1. The van der Waals surface area contributed by atoms with E-state index < -0.39 is 0 Å². The summed E-state index contributed by atoms with van der Waals surface area (Å²) in [5, 5.41) is 4.80. The highest BCUT2D eigenvalue weighted by Crippen LogP contribution is 2.43. The van der Waals surface area contributed by atoms with Crippen LogP contribution in [0, 0.1) is 0 Å². The van der Waals surface area contributed by atoms with E-state index in [9.17, 15) is 0 Å². The Morgan fingerprint density at radius 3 is 1.61 bits per heavy atom. The van der Waals surface area contributed by atoms with Crippen molar-refractivity contribution in [2.45, 2.75) is 0 Å². The summed E-state index contributed by atoms with van der Waals surface area (Å²) in [4.78, 5) is 2.37. The van der Waals surface area contributed by atoms with Crippen LogP contribution in [0.15, 0.2) is 223 Å². The molecule has 0 saturated heterocycles. The highest BCUT2D eigenvalue weighted by Gasteiger charge is 2.19. The molecule has 3 heteroatoms. The van der Waals surface area contributed by atoms with Gasteiger partial charge in [-0.3, -0.25) is 0 Å². The van der Waals surface area contributed by atoms with Gasteiger partial charge in [0.15, 0.2) is 0 Å². The molecule has 0 saturated carbocycles. The van der Waals surface area contributed by atoms with Crippen molar-refractivity contribution in [3.63, 3.8) is 0 Å². The van der Waals surface area contributed by atoms with E-state index >= 15 is 0 Å². The first kappa shape index (κ1) is 32.8. The van der Waals surface area contributed by atoms with E-state index in [4.69, 9.17) is 4.42 Å². The maximum atomic E-state index is 6.24. The summed E-state index contributed by atoms with van der Waals surface area (Å²) in [6, 6.07) is 78.1. The number of rotatable bonds is 7. The summed E-state index contributed by atoms with van der Waals surface area (Å²) < 4.78 is 8.62. The molecular formula is C54H36N2O. The summed E-state index contributed by atoms with van der Waals surface area (Å²) >= 11 is 0. The van der Waals surface area contributed by atoms with Gasteiger partial charge in [-0.1, -0.05) is 152 Å².